The zero-order valence-corrected chi connectivity index (χ0v) is 9.16. The fraction of sp³-hybridized carbons (Fsp3) is 0.800. The minimum atomic E-state index is -0.284. The molecule has 0 bridgehead atoms. The quantitative estimate of drug-likeness (QED) is 0.677. The minimum absolute atomic E-state index is 0.00461. The van der Waals surface area contributed by atoms with E-state index in [9.17, 15) is 4.79 Å². The van der Waals surface area contributed by atoms with Crippen LogP contribution in [0.4, 0.5) is 0 Å². The predicted molar refractivity (Wildman–Crippen MR) is 55.2 cm³/mol. The van der Waals surface area contributed by atoms with Gasteiger partial charge in [-0.3, -0.25) is 4.79 Å². The molecule has 14 heavy (non-hydrogen) atoms. The van der Waals surface area contributed by atoms with Gasteiger partial charge in [0.2, 0.25) is 5.91 Å². The summed E-state index contributed by atoms with van der Waals surface area (Å²) < 4.78 is 0. The first-order valence-corrected chi connectivity index (χ1v) is 4.92. The van der Waals surface area contributed by atoms with Crippen LogP contribution in [0, 0.1) is 23.2 Å². The molecule has 0 fully saturated rings. The number of carbonyl (C=O) groups excluding carboxylic acids is 1. The number of hydrogen-bond donors (Lipinski definition) is 1. The Balaban J connectivity index is 4.04. The van der Waals surface area contributed by atoms with Crippen molar-refractivity contribution in [3.63, 3.8) is 0 Å². The van der Waals surface area contributed by atoms with E-state index in [2.05, 4.69) is 11.0 Å². The third-order valence-electron chi connectivity index (χ3n) is 2.22. The third kappa shape index (κ3) is 4.83. The van der Waals surface area contributed by atoms with Gasteiger partial charge in [0.15, 0.2) is 0 Å². The molecule has 0 aliphatic heterocycles. The number of nitrogens with two attached hydrogens (primary N) is 1. The van der Waals surface area contributed by atoms with Crippen molar-refractivity contribution in [2.45, 2.75) is 20.8 Å². The molecule has 2 unspecified atom stereocenters. The first-order chi connectivity index (χ1) is 6.51. The van der Waals surface area contributed by atoms with E-state index >= 15 is 0 Å². The summed E-state index contributed by atoms with van der Waals surface area (Å²) in [4.78, 5) is 12.9. The molecule has 4 heteroatoms. The molecule has 1 amide bonds. The molecule has 80 valence electrons. The maximum Gasteiger partial charge on any atom is 0.221 e. The van der Waals surface area contributed by atoms with E-state index in [-0.39, 0.29) is 17.7 Å². The Kier molecular flexibility index (Phi) is 5.89. The Bertz CT molecular complexity index is 222. The monoisotopic (exact) mass is 197 g/mol. The largest absolute Gasteiger partial charge is 0.369 e. The topological polar surface area (TPSA) is 70.1 Å². The number of hydrogen-bond acceptors (Lipinski definition) is 3. The molecule has 0 heterocycles. The summed E-state index contributed by atoms with van der Waals surface area (Å²) in [6.07, 6.45) is 0. The van der Waals surface area contributed by atoms with Crippen LogP contribution in [-0.4, -0.2) is 30.4 Å². The van der Waals surface area contributed by atoms with Gasteiger partial charge in [0.1, 0.15) is 0 Å². The number of primary amides is 1. The Labute approximate surface area is 85.7 Å². The van der Waals surface area contributed by atoms with Crippen LogP contribution in [0.2, 0.25) is 0 Å². The lowest BCUT2D eigenvalue weighted by atomic mass is 10.1. The van der Waals surface area contributed by atoms with Crippen LogP contribution >= 0.6 is 0 Å². The van der Waals surface area contributed by atoms with Crippen molar-refractivity contribution in [1.82, 2.24) is 4.90 Å². The molecule has 0 saturated heterocycles. The van der Waals surface area contributed by atoms with Gasteiger partial charge in [-0.15, -0.1) is 0 Å². The lowest BCUT2D eigenvalue weighted by Crippen LogP contribution is -2.36. The third-order valence-corrected chi connectivity index (χ3v) is 2.22. The highest BCUT2D eigenvalue weighted by molar-refractivity contribution is 5.76. The van der Waals surface area contributed by atoms with Crippen LogP contribution in [0.15, 0.2) is 0 Å². The Hall–Kier alpha value is -1.08. The zero-order chi connectivity index (χ0) is 11.1. The first-order valence-electron chi connectivity index (χ1n) is 4.92. The van der Waals surface area contributed by atoms with Crippen LogP contribution in [0.1, 0.15) is 20.8 Å². The van der Waals surface area contributed by atoms with Crippen LogP contribution in [-0.2, 0) is 4.79 Å². The maximum atomic E-state index is 10.8. The molecule has 0 radical (unpaired) electrons. The molecule has 0 aromatic heterocycles. The Morgan fingerprint density at radius 3 is 2.43 bits per heavy atom. The minimum Gasteiger partial charge on any atom is -0.369 e. The number of rotatable bonds is 6. The summed E-state index contributed by atoms with van der Waals surface area (Å²) in [5.41, 5.74) is 5.17. The summed E-state index contributed by atoms with van der Waals surface area (Å²) in [5.74, 6) is -0.441. The lowest BCUT2D eigenvalue weighted by molar-refractivity contribution is -0.121. The van der Waals surface area contributed by atoms with Crippen molar-refractivity contribution in [3.05, 3.63) is 0 Å². The van der Waals surface area contributed by atoms with E-state index in [0.717, 1.165) is 6.54 Å². The Morgan fingerprint density at radius 1 is 1.50 bits per heavy atom. The van der Waals surface area contributed by atoms with Crippen molar-refractivity contribution < 1.29 is 4.79 Å². The van der Waals surface area contributed by atoms with E-state index in [1.54, 1.807) is 0 Å². The summed E-state index contributed by atoms with van der Waals surface area (Å²) in [5, 5.41) is 8.65. The van der Waals surface area contributed by atoms with Crippen molar-refractivity contribution in [3.8, 4) is 6.07 Å². The van der Waals surface area contributed by atoms with Gasteiger partial charge < -0.3 is 10.6 Å². The second-order valence-electron chi connectivity index (χ2n) is 3.69. The fourth-order valence-electron chi connectivity index (χ4n) is 1.24. The number of nitrogens with zero attached hydrogens (tertiary/aromatic N) is 2. The number of amides is 1. The summed E-state index contributed by atoms with van der Waals surface area (Å²) in [7, 11) is 0. The van der Waals surface area contributed by atoms with E-state index < -0.39 is 0 Å². The first kappa shape index (κ1) is 12.9. The molecule has 2 N–H and O–H groups in total. The van der Waals surface area contributed by atoms with Gasteiger partial charge in [0, 0.05) is 19.0 Å². The molecular weight excluding hydrogens is 178 g/mol. The van der Waals surface area contributed by atoms with E-state index in [4.69, 9.17) is 11.0 Å². The van der Waals surface area contributed by atoms with Crippen molar-refractivity contribution in [2.75, 3.05) is 19.6 Å². The standard InChI is InChI=1S/C10H19N3O/c1-4-13(6-8(2)5-11)7-9(3)10(12)14/h8-9H,4,6-7H2,1-3H3,(H2,12,14). The van der Waals surface area contributed by atoms with Crippen molar-refractivity contribution in [1.29, 1.82) is 5.26 Å². The molecule has 0 rings (SSSR count). The van der Waals surface area contributed by atoms with Gasteiger partial charge in [-0.1, -0.05) is 13.8 Å². The van der Waals surface area contributed by atoms with Gasteiger partial charge >= 0.3 is 0 Å². The number of nitriles is 1. The molecule has 0 saturated carbocycles. The van der Waals surface area contributed by atoms with Gasteiger partial charge in [-0.2, -0.15) is 5.26 Å². The van der Waals surface area contributed by atoms with E-state index in [1.165, 1.54) is 0 Å². The van der Waals surface area contributed by atoms with Crippen LogP contribution < -0.4 is 5.73 Å². The van der Waals surface area contributed by atoms with Gasteiger partial charge in [-0.25, -0.2) is 0 Å². The summed E-state index contributed by atoms with van der Waals surface area (Å²) >= 11 is 0. The fourth-order valence-corrected chi connectivity index (χ4v) is 1.24. The summed E-state index contributed by atoms with van der Waals surface area (Å²) in [6.45, 7) is 7.86. The van der Waals surface area contributed by atoms with E-state index in [0.29, 0.717) is 13.1 Å². The van der Waals surface area contributed by atoms with E-state index in [1.807, 2.05) is 20.8 Å². The molecule has 0 spiro atoms. The molecular formula is C10H19N3O. The Morgan fingerprint density at radius 2 is 2.07 bits per heavy atom. The number of carbonyl (C=O) groups is 1. The molecule has 0 aromatic rings. The smallest absolute Gasteiger partial charge is 0.221 e. The van der Waals surface area contributed by atoms with Crippen LogP contribution in [0.25, 0.3) is 0 Å². The predicted octanol–water partition coefficient (Wildman–Crippen LogP) is 0.589. The highest BCUT2D eigenvalue weighted by Crippen LogP contribution is 2.03. The highest BCUT2D eigenvalue weighted by Gasteiger charge is 2.14. The van der Waals surface area contributed by atoms with Crippen LogP contribution in [0.3, 0.4) is 0 Å². The molecule has 0 aliphatic rings. The molecule has 4 nitrogen and oxygen atoms in total. The second kappa shape index (κ2) is 6.39. The highest BCUT2D eigenvalue weighted by atomic mass is 16.1. The SMILES string of the molecule is CCN(CC(C)C#N)CC(C)C(N)=O. The van der Waals surface area contributed by atoms with Crippen molar-refractivity contribution >= 4 is 5.91 Å². The average Bonchev–Trinajstić information content (AvgIpc) is 2.16. The van der Waals surface area contributed by atoms with Gasteiger partial charge in [-0.05, 0) is 13.5 Å². The van der Waals surface area contributed by atoms with Crippen LogP contribution in [0.5, 0.6) is 0 Å². The summed E-state index contributed by atoms with van der Waals surface area (Å²) in [6, 6.07) is 2.17. The molecule has 0 aliphatic carbocycles. The van der Waals surface area contributed by atoms with Gasteiger partial charge in [0.25, 0.3) is 0 Å². The maximum absolute atomic E-state index is 10.8. The molecule has 2 atom stereocenters. The van der Waals surface area contributed by atoms with Crippen molar-refractivity contribution in [2.24, 2.45) is 17.6 Å². The second-order valence-corrected chi connectivity index (χ2v) is 3.69. The zero-order valence-electron chi connectivity index (χ0n) is 9.16. The normalized spacial score (nSPS) is 14.8. The molecule has 0 aromatic carbocycles. The average molecular weight is 197 g/mol. The lowest BCUT2D eigenvalue weighted by Gasteiger charge is -2.23. The van der Waals surface area contributed by atoms with Gasteiger partial charge in [0.05, 0.1) is 12.0 Å².